The van der Waals surface area contributed by atoms with Gasteiger partial charge in [0.15, 0.2) is 0 Å². The van der Waals surface area contributed by atoms with Crippen LogP contribution in [0.4, 0.5) is 14.9 Å². The van der Waals surface area contributed by atoms with Gasteiger partial charge in [-0.3, -0.25) is 0 Å². The molecule has 3 aromatic carbocycles. The van der Waals surface area contributed by atoms with Crippen molar-refractivity contribution in [3.63, 3.8) is 0 Å². The Balaban J connectivity index is 1.34. The van der Waals surface area contributed by atoms with Crippen LogP contribution in [0.25, 0.3) is 17.2 Å². The van der Waals surface area contributed by atoms with E-state index in [1.165, 1.54) is 28.3 Å². The van der Waals surface area contributed by atoms with Gasteiger partial charge in [-0.25, -0.2) is 9.18 Å². The Hall–Kier alpha value is -3.60. The van der Waals surface area contributed by atoms with Crippen LogP contribution < -0.4 is 11.1 Å². The maximum absolute atomic E-state index is 13.9. The molecule has 0 aromatic heterocycles. The number of carbonyl (C=O) groups is 1. The fourth-order valence-electron chi connectivity index (χ4n) is 3.82. The van der Waals surface area contributed by atoms with Gasteiger partial charge in [0.05, 0.1) is 0 Å². The number of halogens is 1. The first-order valence-corrected chi connectivity index (χ1v) is 9.85. The van der Waals surface area contributed by atoms with Gasteiger partial charge in [0.25, 0.3) is 0 Å². The summed E-state index contributed by atoms with van der Waals surface area (Å²) in [4.78, 5) is 12.1. The molecular weight excluding hydrogens is 379 g/mol. The highest BCUT2D eigenvalue weighted by Gasteiger charge is 2.28. The molecule has 4 nitrogen and oxygen atoms in total. The molecule has 0 saturated carbocycles. The summed E-state index contributed by atoms with van der Waals surface area (Å²) in [6, 6.07) is 19.4. The molecule has 1 aliphatic carbocycles. The monoisotopic (exact) mass is 402 g/mol. The molecule has 0 aliphatic heterocycles. The molecule has 4 rings (SSSR count). The number of hydrogen-bond donors (Lipinski definition) is 2. The minimum atomic E-state index is -0.504. The van der Waals surface area contributed by atoms with Crippen LogP contribution in [0.5, 0.6) is 0 Å². The van der Waals surface area contributed by atoms with Crippen molar-refractivity contribution in [3.8, 4) is 11.1 Å². The van der Waals surface area contributed by atoms with Crippen molar-refractivity contribution in [3.05, 3.63) is 94.8 Å². The summed E-state index contributed by atoms with van der Waals surface area (Å²) in [6.07, 6.45) is 2.79. The number of amides is 1. The Morgan fingerprint density at radius 2 is 1.73 bits per heavy atom. The molecule has 0 fully saturated rings. The third-order valence-corrected chi connectivity index (χ3v) is 5.39. The number of rotatable bonds is 5. The second-order valence-corrected chi connectivity index (χ2v) is 7.34. The number of nitrogen functional groups attached to an aromatic ring is 1. The predicted molar refractivity (Wildman–Crippen MR) is 118 cm³/mol. The summed E-state index contributed by atoms with van der Waals surface area (Å²) in [5.74, 6) is -0.374. The molecular formula is C25H23FN2O2. The van der Waals surface area contributed by atoms with Crippen molar-refractivity contribution in [1.82, 2.24) is 5.32 Å². The molecule has 3 N–H and O–H groups in total. The van der Waals surface area contributed by atoms with Crippen LogP contribution >= 0.6 is 0 Å². The van der Waals surface area contributed by atoms with E-state index in [0.717, 1.165) is 5.56 Å². The zero-order chi connectivity index (χ0) is 21.1. The van der Waals surface area contributed by atoms with Gasteiger partial charge in [0.2, 0.25) is 0 Å². The van der Waals surface area contributed by atoms with E-state index in [0.29, 0.717) is 11.3 Å². The SMILES string of the molecule is Cc1cc(C=CCNC(=O)OCC2c3ccccc3-c3ccccc32)c(F)cc1N. The average Bonchev–Trinajstić information content (AvgIpc) is 3.07. The minimum absolute atomic E-state index is 0.0190. The summed E-state index contributed by atoms with van der Waals surface area (Å²) < 4.78 is 19.4. The average molecular weight is 402 g/mol. The largest absolute Gasteiger partial charge is 0.449 e. The first-order valence-electron chi connectivity index (χ1n) is 9.85. The first-order chi connectivity index (χ1) is 14.5. The molecule has 1 aliphatic rings. The van der Waals surface area contributed by atoms with E-state index >= 15 is 0 Å². The Morgan fingerprint density at radius 3 is 2.40 bits per heavy atom. The van der Waals surface area contributed by atoms with Crippen molar-refractivity contribution >= 4 is 17.9 Å². The van der Waals surface area contributed by atoms with Crippen molar-refractivity contribution < 1.29 is 13.9 Å². The third kappa shape index (κ3) is 3.92. The van der Waals surface area contributed by atoms with Crippen molar-refractivity contribution in [2.24, 2.45) is 0 Å². The van der Waals surface area contributed by atoms with Crippen molar-refractivity contribution in [1.29, 1.82) is 0 Å². The lowest BCUT2D eigenvalue weighted by Gasteiger charge is -2.14. The van der Waals surface area contributed by atoms with Crippen LogP contribution in [0.3, 0.4) is 0 Å². The number of nitrogens with two attached hydrogens (primary N) is 1. The molecule has 152 valence electrons. The van der Waals surface area contributed by atoms with Crippen LogP contribution in [0.1, 0.15) is 28.2 Å². The van der Waals surface area contributed by atoms with E-state index in [1.54, 1.807) is 18.2 Å². The molecule has 1 amide bonds. The summed E-state index contributed by atoms with van der Waals surface area (Å²) in [5, 5.41) is 2.68. The molecule has 5 heteroatoms. The van der Waals surface area contributed by atoms with E-state index in [2.05, 4.69) is 29.6 Å². The van der Waals surface area contributed by atoms with Gasteiger partial charge in [0.1, 0.15) is 12.4 Å². The molecule has 0 heterocycles. The van der Waals surface area contributed by atoms with E-state index in [-0.39, 0.29) is 19.1 Å². The quantitative estimate of drug-likeness (QED) is 0.572. The van der Waals surface area contributed by atoms with Crippen molar-refractivity contribution in [2.45, 2.75) is 12.8 Å². The fourth-order valence-corrected chi connectivity index (χ4v) is 3.82. The Bertz CT molecular complexity index is 1080. The smallest absolute Gasteiger partial charge is 0.407 e. The molecule has 0 atom stereocenters. The van der Waals surface area contributed by atoms with Crippen molar-refractivity contribution in [2.75, 3.05) is 18.9 Å². The zero-order valence-electron chi connectivity index (χ0n) is 16.7. The zero-order valence-corrected chi connectivity index (χ0v) is 16.7. The second-order valence-electron chi connectivity index (χ2n) is 7.34. The number of hydrogen-bond acceptors (Lipinski definition) is 3. The normalized spacial score (nSPS) is 12.6. The number of benzene rings is 3. The molecule has 0 unspecified atom stereocenters. The van der Waals surface area contributed by atoms with E-state index in [1.807, 2.05) is 31.2 Å². The number of fused-ring (bicyclic) bond motifs is 3. The van der Waals surface area contributed by atoms with Crippen LogP contribution in [0.2, 0.25) is 0 Å². The highest BCUT2D eigenvalue weighted by atomic mass is 19.1. The molecule has 0 radical (unpaired) electrons. The summed E-state index contributed by atoms with van der Waals surface area (Å²) in [7, 11) is 0. The number of anilines is 1. The summed E-state index contributed by atoms with van der Waals surface area (Å²) in [6.45, 7) is 2.32. The maximum Gasteiger partial charge on any atom is 0.407 e. The molecule has 0 spiro atoms. The van der Waals surface area contributed by atoms with Gasteiger partial charge in [-0.2, -0.15) is 0 Å². The Kier molecular flexibility index (Phi) is 5.53. The molecule has 0 saturated heterocycles. The molecule has 30 heavy (non-hydrogen) atoms. The number of carbonyl (C=O) groups excluding carboxylic acids is 1. The first kappa shape index (κ1) is 19.7. The fraction of sp³-hybridized carbons (Fsp3) is 0.160. The lowest BCUT2D eigenvalue weighted by molar-refractivity contribution is 0.144. The number of aryl methyl sites for hydroxylation is 1. The highest BCUT2D eigenvalue weighted by Crippen LogP contribution is 2.44. The van der Waals surface area contributed by atoms with Crippen LogP contribution in [0.15, 0.2) is 66.7 Å². The topological polar surface area (TPSA) is 64.3 Å². The standard InChI is InChI=1S/C25H23FN2O2/c1-16-13-17(23(26)14-24(16)27)7-6-12-28-25(29)30-15-22-20-10-4-2-8-18(20)19-9-3-5-11-21(19)22/h2-11,13-14,22H,12,15,27H2,1H3,(H,28,29). The van der Waals surface area contributed by atoms with Gasteiger partial charge in [-0.1, -0.05) is 60.7 Å². The summed E-state index contributed by atoms with van der Waals surface area (Å²) in [5.41, 5.74) is 12.0. The Morgan fingerprint density at radius 1 is 1.10 bits per heavy atom. The second kappa shape index (κ2) is 8.41. The van der Waals surface area contributed by atoms with Gasteiger partial charge >= 0.3 is 6.09 Å². The molecule has 3 aromatic rings. The Labute approximate surface area is 175 Å². The van der Waals surface area contributed by atoms with Gasteiger partial charge in [-0.15, -0.1) is 0 Å². The van der Waals surface area contributed by atoms with Gasteiger partial charge in [-0.05, 0) is 46.9 Å². The predicted octanol–water partition coefficient (Wildman–Crippen LogP) is 5.27. The number of ether oxygens (including phenoxy) is 1. The van der Waals surface area contributed by atoms with Crippen LogP contribution in [-0.2, 0) is 4.74 Å². The third-order valence-electron chi connectivity index (χ3n) is 5.39. The maximum atomic E-state index is 13.9. The van der Waals surface area contributed by atoms with E-state index in [9.17, 15) is 9.18 Å². The number of alkyl carbamates (subject to hydrolysis) is 1. The van der Waals surface area contributed by atoms with Crippen LogP contribution in [0, 0.1) is 12.7 Å². The lowest BCUT2D eigenvalue weighted by atomic mass is 9.98. The summed E-state index contributed by atoms with van der Waals surface area (Å²) >= 11 is 0. The van der Waals surface area contributed by atoms with E-state index < -0.39 is 11.9 Å². The van der Waals surface area contributed by atoms with Gasteiger partial charge in [0, 0.05) is 23.7 Å². The minimum Gasteiger partial charge on any atom is -0.449 e. The number of nitrogens with one attached hydrogen (secondary N) is 1. The highest BCUT2D eigenvalue weighted by molar-refractivity contribution is 5.79. The lowest BCUT2D eigenvalue weighted by Crippen LogP contribution is -2.26. The van der Waals surface area contributed by atoms with Crippen LogP contribution in [-0.4, -0.2) is 19.2 Å². The van der Waals surface area contributed by atoms with Gasteiger partial charge < -0.3 is 15.8 Å². The van der Waals surface area contributed by atoms with E-state index in [4.69, 9.17) is 10.5 Å². The molecule has 0 bridgehead atoms.